The number of benzene rings is 1. The minimum atomic E-state index is -0.474. The van der Waals surface area contributed by atoms with E-state index in [0.717, 1.165) is 13.0 Å². The van der Waals surface area contributed by atoms with Crippen LogP contribution in [0.3, 0.4) is 0 Å². The quantitative estimate of drug-likeness (QED) is 0.885. The van der Waals surface area contributed by atoms with Crippen LogP contribution in [0.15, 0.2) is 18.2 Å². The third kappa shape index (κ3) is 4.06. The second-order valence-corrected chi connectivity index (χ2v) is 5.98. The van der Waals surface area contributed by atoms with Crippen molar-refractivity contribution in [3.8, 4) is 0 Å². The van der Waals surface area contributed by atoms with Gasteiger partial charge < -0.3 is 10.6 Å². The fourth-order valence-corrected chi connectivity index (χ4v) is 1.96. The summed E-state index contributed by atoms with van der Waals surface area (Å²) in [5, 5.41) is 0. The molecule has 0 aliphatic heterocycles. The Hall–Kier alpha value is -1.35. The number of aryl methyl sites for hydroxylation is 2. The molecule has 0 aliphatic carbocycles. The lowest BCUT2D eigenvalue weighted by molar-refractivity contribution is -0.138. The van der Waals surface area contributed by atoms with Gasteiger partial charge in [-0.05, 0) is 50.8 Å². The van der Waals surface area contributed by atoms with Crippen molar-refractivity contribution in [3.63, 3.8) is 0 Å². The molecule has 0 radical (unpaired) electrons. The summed E-state index contributed by atoms with van der Waals surface area (Å²) < 4.78 is 0. The van der Waals surface area contributed by atoms with Crippen molar-refractivity contribution >= 4 is 5.91 Å². The van der Waals surface area contributed by atoms with Gasteiger partial charge in [-0.2, -0.15) is 0 Å². The Bertz CT molecular complexity index is 452. The standard InChI is InChI=1S/C16H26N2O/c1-12-6-7-14(10-13(12)2)8-9-18(5)15(19)16(3,4)11-17/h6-7,10H,8-9,11,17H2,1-5H3. The molecule has 1 aromatic rings. The van der Waals surface area contributed by atoms with E-state index in [0.29, 0.717) is 6.54 Å². The Morgan fingerprint density at radius 3 is 2.42 bits per heavy atom. The number of carbonyl (C=O) groups is 1. The monoisotopic (exact) mass is 262 g/mol. The number of nitrogens with zero attached hydrogens (tertiary/aromatic N) is 1. The van der Waals surface area contributed by atoms with Crippen LogP contribution in [0.2, 0.25) is 0 Å². The minimum Gasteiger partial charge on any atom is -0.345 e. The predicted octanol–water partition coefficient (Wildman–Crippen LogP) is 2.29. The van der Waals surface area contributed by atoms with E-state index in [2.05, 4.69) is 32.0 Å². The number of carbonyl (C=O) groups excluding carboxylic acids is 1. The van der Waals surface area contributed by atoms with Gasteiger partial charge >= 0.3 is 0 Å². The molecule has 1 rings (SSSR count). The highest BCUT2D eigenvalue weighted by Crippen LogP contribution is 2.17. The lowest BCUT2D eigenvalue weighted by atomic mass is 9.92. The molecule has 0 aliphatic rings. The molecule has 106 valence electrons. The summed E-state index contributed by atoms with van der Waals surface area (Å²) in [6.07, 6.45) is 0.879. The average molecular weight is 262 g/mol. The number of amides is 1. The first-order chi connectivity index (χ1) is 8.77. The van der Waals surface area contributed by atoms with Crippen LogP contribution in [0.25, 0.3) is 0 Å². The predicted molar refractivity (Wildman–Crippen MR) is 80.1 cm³/mol. The number of hydrogen-bond donors (Lipinski definition) is 1. The second-order valence-electron chi connectivity index (χ2n) is 5.98. The van der Waals surface area contributed by atoms with Crippen molar-refractivity contribution in [2.45, 2.75) is 34.1 Å². The van der Waals surface area contributed by atoms with Crippen LogP contribution in [0, 0.1) is 19.3 Å². The molecule has 1 aromatic carbocycles. The Balaban J connectivity index is 2.61. The van der Waals surface area contributed by atoms with Gasteiger partial charge in [-0.3, -0.25) is 4.79 Å². The van der Waals surface area contributed by atoms with Gasteiger partial charge in [-0.25, -0.2) is 0 Å². The van der Waals surface area contributed by atoms with Gasteiger partial charge in [0.05, 0.1) is 5.41 Å². The molecule has 3 heteroatoms. The fourth-order valence-electron chi connectivity index (χ4n) is 1.96. The summed E-state index contributed by atoms with van der Waals surface area (Å²) in [5.74, 6) is 0.110. The zero-order valence-corrected chi connectivity index (χ0v) is 12.8. The molecular weight excluding hydrogens is 236 g/mol. The van der Waals surface area contributed by atoms with Crippen molar-refractivity contribution in [3.05, 3.63) is 34.9 Å². The van der Waals surface area contributed by atoms with Gasteiger partial charge in [0, 0.05) is 20.1 Å². The van der Waals surface area contributed by atoms with E-state index in [-0.39, 0.29) is 5.91 Å². The highest BCUT2D eigenvalue weighted by Gasteiger charge is 2.28. The summed E-state index contributed by atoms with van der Waals surface area (Å²) in [6, 6.07) is 6.47. The topological polar surface area (TPSA) is 46.3 Å². The minimum absolute atomic E-state index is 0.110. The first kappa shape index (κ1) is 15.7. The van der Waals surface area contributed by atoms with E-state index in [1.165, 1.54) is 16.7 Å². The van der Waals surface area contributed by atoms with Crippen molar-refractivity contribution in [2.75, 3.05) is 20.1 Å². The maximum atomic E-state index is 12.2. The molecule has 1 amide bonds. The highest BCUT2D eigenvalue weighted by molar-refractivity contribution is 5.81. The zero-order valence-electron chi connectivity index (χ0n) is 12.8. The lowest BCUT2D eigenvalue weighted by Gasteiger charge is -2.28. The van der Waals surface area contributed by atoms with Gasteiger partial charge in [-0.1, -0.05) is 18.2 Å². The summed E-state index contributed by atoms with van der Waals surface area (Å²) in [6.45, 7) is 9.11. The van der Waals surface area contributed by atoms with Crippen molar-refractivity contribution in [1.29, 1.82) is 0 Å². The van der Waals surface area contributed by atoms with Gasteiger partial charge in [0.25, 0.3) is 0 Å². The van der Waals surface area contributed by atoms with Gasteiger partial charge in [0.1, 0.15) is 0 Å². The number of hydrogen-bond acceptors (Lipinski definition) is 2. The van der Waals surface area contributed by atoms with Crippen LogP contribution in [-0.2, 0) is 11.2 Å². The number of rotatable bonds is 5. The molecule has 0 spiro atoms. The summed E-state index contributed by atoms with van der Waals surface area (Å²) in [5.41, 5.74) is 9.04. The maximum absolute atomic E-state index is 12.2. The van der Waals surface area contributed by atoms with Gasteiger partial charge in [0.2, 0.25) is 5.91 Å². The molecule has 0 saturated heterocycles. The Morgan fingerprint density at radius 2 is 1.89 bits per heavy atom. The first-order valence-corrected chi connectivity index (χ1v) is 6.79. The van der Waals surface area contributed by atoms with Crippen molar-refractivity contribution < 1.29 is 4.79 Å². The molecule has 0 unspecified atom stereocenters. The molecule has 0 fully saturated rings. The van der Waals surface area contributed by atoms with E-state index in [1.807, 2.05) is 20.9 Å². The SMILES string of the molecule is Cc1ccc(CCN(C)C(=O)C(C)(C)CN)cc1C. The number of likely N-dealkylation sites (N-methyl/N-ethyl adjacent to an activating group) is 1. The molecule has 19 heavy (non-hydrogen) atoms. The molecule has 0 heterocycles. The first-order valence-electron chi connectivity index (χ1n) is 6.79. The Kier molecular flexibility index (Phi) is 5.12. The largest absolute Gasteiger partial charge is 0.345 e. The molecule has 2 N–H and O–H groups in total. The molecule has 0 aromatic heterocycles. The molecule has 0 bridgehead atoms. The summed E-state index contributed by atoms with van der Waals surface area (Å²) in [4.78, 5) is 14.0. The van der Waals surface area contributed by atoms with Crippen LogP contribution in [-0.4, -0.2) is 30.9 Å². The van der Waals surface area contributed by atoms with Crippen molar-refractivity contribution in [1.82, 2.24) is 4.90 Å². The normalized spacial score (nSPS) is 11.5. The highest BCUT2D eigenvalue weighted by atomic mass is 16.2. The Labute approximate surface area is 116 Å². The average Bonchev–Trinajstić information content (AvgIpc) is 2.38. The number of nitrogens with two attached hydrogens (primary N) is 1. The van der Waals surface area contributed by atoms with Crippen LogP contribution in [0.1, 0.15) is 30.5 Å². The zero-order chi connectivity index (χ0) is 14.6. The molecular formula is C16H26N2O. The molecule has 0 atom stereocenters. The van der Waals surface area contributed by atoms with Crippen LogP contribution >= 0.6 is 0 Å². The van der Waals surface area contributed by atoms with E-state index in [4.69, 9.17) is 5.73 Å². The van der Waals surface area contributed by atoms with Crippen molar-refractivity contribution in [2.24, 2.45) is 11.1 Å². The van der Waals surface area contributed by atoms with Crippen LogP contribution in [0.5, 0.6) is 0 Å². The summed E-state index contributed by atoms with van der Waals surface area (Å²) >= 11 is 0. The van der Waals surface area contributed by atoms with E-state index >= 15 is 0 Å². The lowest BCUT2D eigenvalue weighted by Crippen LogP contribution is -2.43. The van der Waals surface area contributed by atoms with Crippen LogP contribution in [0.4, 0.5) is 0 Å². The third-order valence-corrected chi connectivity index (χ3v) is 3.74. The fraction of sp³-hybridized carbons (Fsp3) is 0.562. The second kappa shape index (κ2) is 6.20. The van der Waals surface area contributed by atoms with Gasteiger partial charge in [-0.15, -0.1) is 0 Å². The smallest absolute Gasteiger partial charge is 0.229 e. The summed E-state index contributed by atoms with van der Waals surface area (Å²) in [7, 11) is 1.85. The third-order valence-electron chi connectivity index (χ3n) is 3.74. The van der Waals surface area contributed by atoms with E-state index in [1.54, 1.807) is 4.90 Å². The van der Waals surface area contributed by atoms with Gasteiger partial charge in [0.15, 0.2) is 0 Å². The maximum Gasteiger partial charge on any atom is 0.229 e. The molecule has 0 saturated carbocycles. The Morgan fingerprint density at radius 1 is 1.26 bits per heavy atom. The molecule has 3 nitrogen and oxygen atoms in total. The van der Waals surface area contributed by atoms with E-state index < -0.39 is 5.41 Å². The van der Waals surface area contributed by atoms with E-state index in [9.17, 15) is 4.79 Å². The van der Waals surface area contributed by atoms with Crippen LogP contribution < -0.4 is 5.73 Å².